The third-order valence-corrected chi connectivity index (χ3v) is 3.18. The van der Waals surface area contributed by atoms with Crippen molar-refractivity contribution in [3.05, 3.63) is 71.3 Å². The number of carbonyl (C=O) groups excluding carboxylic acids is 1. The largest absolute Gasteiger partial charge is 0.493 e. The molecule has 116 valence electrons. The molecule has 0 unspecified atom stereocenters. The van der Waals surface area contributed by atoms with E-state index in [4.69, 9.17) is 4.74 Å². The van der Waals surface area contributed by atoms with Gasteiger partial charge in [-0.05, 0) is 29.7 Å². The molecular weight excluding hydrogens is 286 g/mol. The minimum absolute atomic E-state index is 0.118. The van der Waals surface area contributed by atoms with E-state index in [1.807, 2.05) is 36.4 Å². The van der Waals surface area contributed by atoms with Crippen molar-refractivity contribution in [1.82, 2.24) is 0 Å². The normalized spacial score (nSPS) is 11.1. The van der Waals surface area contributed by atoms with Crippen LogP contribution < -0.4 is 4.74 Å². The molecule has 0 aliphatic rings. The van der Waals surface area contributed by atoms with Crippen molar-refractivity contribution >= 4 is 11.9 Å². The van der Waals surface area contributed by atoms with Crippen molar-refractivity contribution in [3.63, 3.8) is 0 Å². The number of nitrogens with zero attached hydrogens (tertiary/aromatic N) is 1. The van der Waals surface area contributed by atoms with Gasteiger partial charge in [-0.2, -0.15) is 5.26 Å². The summed E-state index contributed by atoms with van der Waals surface area (Å²) in [5.74, 6) is 0.972. The molecule has 0 aromatic heterocycles. The zero-order valence-corrected chi connectivity index (χ0v) is 13.3. The predicted octanol–water partition coefficient (Wildman–Crippen LogP) is 4.51. The number of hydrogen-bond acceptors (Lipinski definition) is 3. The molecule has 0 heterocycles. The Bertz CT molecular complexity index is 722. The van der Waals surface area contributed by atoms with Gasteiger partial charge in [0.15, 0.2) is 0 Å². The summed E-state index contributed by atoms with van der Waals surface area (Å²) in [7, 11) is 0. The van der Waals surface area contributed by atoms with E-state index in [1.165, 1.54) is 0 Å². The van der Waals surface area contributed by atoms with Crippen LogP contribution in [0.15, 0.2) is 60.2 Å². The lowest BCUT2D eigenvalue weighted by Gasteiger charge is -2.08. The topological polar surface area (TPSA) is 50.1 Å². The zero-order valence-electron chi connectivity index (χ0n) is 13.3. The van der Waals surface area contributed by atoms with Gasteiger partial charge in [-0.15, -0.1) is 0 Å². The molecule has 0 aliphatic carbocycles. The van der Waals surface area contributed by atoms with Crippen LogP contribution in [0.25, 0.3) is 6.08 Å². The van der Waals surface area contributed by atoms with Gasteiger partial charge in [0.25, 0.3) is 0 Å². The average Bonchev–Trinajstić information content (AvgIpc) is 2.59. The van der Waals surface area contributed by atoms with Crippen LogP contribution in [0.1, 0.15) is 29.8 Å². The van der Waals surface area contributed by atoms with Crippen LogP contribution in [0.3, 0.4) is 0 Å². The van der Waals surface area contributed by atoms with Gasteiger partial charge in [0.05, 0.1) is 6.61 Å². The summed E-state index contributed by atoms with van der Waals surface area (Å²) < 4.78 is 5.62. The Morgan fingerprint density at radius 1 is 1.13 bits per heavy atom. The molecule has 3 nitrogen and oxygen atoms in total. The Morgan fingerprint density at radius 2 is 1.78 bits per heavy atom. The van der Waals surface area contributed by atoms with E-state index in [0.717, 1.165) is 11.3 Å². The van der Waals surface area contributed by atoms with E-state index < -0.39 is 0 Å². The number of rotatable bonds is 6. The van der Waals surface area contributed by atoms with E-state index in [9.17, 15) is 10.1 Å². The monoisotopic (exact) mass is 305 g/mol. The van der Waals surface area contributed by atoms with Crippen molar-refractivity contribution in [1.29, 1.82) is 5.26 Å². The Hall–Kier alpha value is -2.86. The molecule has 0 fully saturated rings. The van der Waals surface area contributed by atoms with E-state index in [-0.39, 0.29) is 11.4 Å². The van der Waals surface area contributed by atoms with Gasteiger partial charge in [-0.3, -0.25) is 4.79 Å². The van der Waals surface area contributed by atoms with Crippen LogP contribution in [0.4, 0.5) is 0 Å². The fraction of sp³-hybridized carbons (Fsp3) is 0.200. The van der Waals surface area contributed by atoms with Crippen molar-refractivity contribution in [3.8, 4) is 11.8 Å². The number of hydrogen-bond donors (Lipinski definition) is 0. The fourth-order valence-corrected chi connectivity index (χ4v) is 1.98. The molecule has 0 amide bonds. The maximum atomic E-state index is 12.3. The molecule has 0 spiro atoms. The average molecular weight is 305 g/mol. The molecule has 2 aromatic carbocycles. The van der Waals surface area contributed by atoms with Crippen LogP contribution in [-0.2, 0) is 0 Å². The Labute approximate surface area is 136 Å². The van der Waals surface area contributed by atoms with Crippen LogP contribution in [0.5, 0.6) is 5.75 Å². The summed E-state index contributed by atoms with van der Waals surface area (Å²) in [6, 6.07) is 18.2. The van der Waals surface area contributed by atoms with Crippen LogP contribution in [-0.4, -0.2) is 12.4 Å². The van der Waals surface area contributed by atoms with Gasteiger partial charge in [0, 0.05) is 5.56 Å². The number of allylic oxidation sites excluding steroid dienone is 1. The maximum absolute atomic E-state index is 12.3. The Morgan fingerprint density at radius 3 is 2.35 bits per heavy atom. The third kappa shape index (κ3) is 4.82. The zero-order chi connectivity index (χ0) is 16.7. The summed E-state index contributed by atoms with van der Waals surface area (Å²) in [6.07, 6.45) is 1.60. The second-order valence-electron chi connectivity index (χ2n) is 5.64. The minimum atomic E-state index is -0.270. The summed E-state index contributed by atoms with van der Waals surface area (Å²) in [4.78, 5) is 12.3. The quantitative estimate of drug-likeness (QED) is 0.448. The summed E-state index contributed by atoms with van der Waals surface area (Å²) in [5.41, 5.74) is 1.42. The van der Waals surface area contributed by atoms with Crippen molar-refractivity contribution in [2.24, 2.45) is 5.92 Å². The molecule has 2 rings (SSSR count). The first-order valence-corrected chi connectivity index (χ1v) is 7.54. The highest BCUT2D eigenvalue weighted by atomic mass is 16.5. The lowest BCUT2D eigenvalue weighted by atomic mass is 10.0. The highest BCUT2D eigenvalue weighted by molar-refractivity contribution is 6.13. The Kier molecular flexibility index (Phi) is 5.71. The lowest BCUT2D eigenvalue weighted by molar-refractivity contribution is 0.104. The van der Waals surface area contributed by atoms with E-state index >= 15 is 0 Å². The van der Waals surface area contributed by atoms with Crippen molar-refractivity contribution in [2.75, 3.05) is 6.61 Å². The van der Waals surface area contributed by atoms with Gasteiger partial charge in [-0.25, -0.2) is 0 Å². The van der Waals surface area contributed by atoms with Crippen LogP contribution in [0, 0.1) is 17.2 Å². The first-order chi connectivity index (χ1) is 11.1. The summed E-state index contributed by atoms with van der Waals surface area (Å²) >= 11 is 0. The molecule has 0 saturated carbocycles. The lowest BCUT2D eigenvalue weighted by Crippen LogP contribution is -2.04. The number of benzene rings is 2. The van der Waals surface area contributed by atoms with E-state index in [1.54, 1.807) is 30.3 Å². The van der Waals surface area contributed by atoms with Gasteiger partial charge < -0.3 is 4.74 Å². The number of ether oxygens (including phenoxy) is 1. The second kappa shape index (κ2) is 7.95. The summed E-state index contributed by atoms with van der Waals surface area (Å²) in [5, 5.41) is 9.26. The molecule has 0 saturated heterocycles. The van der Waals surface area contributed by atoms with E-state index in [2.05, 4.69) is 13.8 Å². The molecule has 0 bridgehead atoms. The first-order valence-electron chi connectivity index (χ1n) is 7.54. The highest BCUT2D eigenvalue weighted by Crippen LogP contribution is 2.17. The molecule has 23 heavy (non-hydrogen) atoms. The smallest absolute Gasteiger partial charge is 0.203 e. The SMILES string of the molecule is CC(C)COc1ccc(/C=C(/C#N)C(=O)c2ccccc2)cc1. The van der Waals surface area contributed by atoms with E-state index in [0.29, 0.717) is 18.1 Å². The number of carbonyl (C=O) groups is 1. The van der Waals surface area contributed by atoms with Gasteiger partial charge >= 0.3 is 0 Å². The number of ketones is 1. The van der Waals surface area contributed by atoms with Crippen molar-refractivity contribution < 1.29 is 9.53 Å². The van der Waals surface area contributed by atoms with Gasteiger partial charge in [-0.1, -0.05) is 56.3 Å². The maximum Gasteiger partial charge on any atom is 0.203 e. The molecule has 3 heteroatoms. The van der Waals surface area contributed by atoms with Crippen molar-refractivity contribution in [2.45, 2.75) is 13.8 Å². The summed E-state index contributed by atoms with van der Waals surface area (Å²) in [6.45, 7) is 4.84. The Balaban J connectivity index is 2.15. The first kappa shape index (κ1) is 16.5. The molecule has 0 radical (unpaired) electrons. The molecular formula is C20H19NO2. The minimum Gasteiger partial charge on any atom is -0.493 e. The molecule has 2 aromatic rings. The van der Waals surface area contributed by atoms with Crippen LogP contribution in [0.2, 0.25) is 0 Å². The predicted molar refractivity (Wildman–Crippen MR) is 91.1 cm³/mol. The highest BCUT2D eigenvalue weighted by Gasteiger charge is 2.11. The van der Waals surface area contributed by atoms with Gasteiger partial charge in [0.1, 0.15) is 17.4 Å². The molecule has 0 aliphatic heterocycles. The molecule has 0 atom stereocenters. The number of Topliss-reactive ketones (excluding diaryl/α,β-unsaturated/α-hetero) is 1. The standard InChI is InChI=1S/C20H19NO2/c1-15(2)14-23-19-10-8-16(9-11-19)12-18(13-21)20(22)17-6-4-3-5-7-17/h3-12,15H,14H2,1-2H3/b18-12-. The number of nitriles is 1. The fourth-order valence-electron chi connectivity index (χ4n) is 1.98. The third-order valence-electron chi connectivity index (χ3n) is 3.18. The second-order valence-corrected chi connectivity index (χ2v) is 5.64. The molecule has 0 N–H and O–H groups in total. The van der Waals surface area contributed by atoms with Gasteiger partial charge in [0.2, 0.25) is 5.78 Å². The van der Waals surface area contributed by atoms with Crippen LogP contribution >= 0.6 is 0 Å².